The van der Waals surface area contributed by atoms with Crippen molar-refractivity contribution in [3.63, 3.8) is 0 Å². The Hall–Kier alpha value is -3.41. The highest BCUT2D eigenvalue weighted by atomic mass is 35.5. The third-order valence-corrected chi connectivity index (χ3v) is 9.14. The normalized spacial score (nSPS) is 16.7. The highest BCUT2D eigenvalue weighted by Crippen LogP contribution is 2.32. The van der Waals surface area contributed by atoms with E-state index >= 15 is 0 Å². The monoisotopic (exact) mass is 597 g/mol. The molecule has 0 atom stereocenters. The van der Waals surface area contributed by atoms with Gasteiger partial charge in [0.25, 0.3) is 15.9 Å². The average molecular weight is 598 g/mol. The molecule has 2 aromatic heterocycles. The number of nitrogens with zero attached hydrogens (tertiary/aromatic N) is 5. The van der Waals surface area contributed by atoms with Crippen molar-refractivity contribution in [2.24, 2.45) is 5.14 Å². The number of pyridine rings is 2. The van der Waals surface area contributed by atoms with Crippen molar-refractivity contribution < 1.29 is 13.2 Å². The summed E-state index contributed by atoms with van der Waals surface area (Å²) in [5.74, 6) is 0.813. The molecule has 0 spiro atoms. The van der Waals surface area contributed by atoms with Crippen molar-refractivity contribution >= 4 is 44.7 Å². The molecule has 0 radical (unpaired) electrons. The average Bonchev–Trinajstić information content (AvgIpc) is 2.95. The molecule has 1 amide bonds. The number of nitrogens with one attached hydrogen (secondary N) is 1. The Morgan fingerprint density at radius 3 is 2.27 bits per heavy atom. The van der Waals surface area contributed by atoms with E-state index in [0.29, 0.717) is 36.9 Å². The van der Waals surface area contributed by atoms with Crippen LogP contribution in [0.1, 0.15) is 39.9 Å². The number of anilines is 3. The van der Waals surface area contributed by atoms with Crippen LogP contribution < -0.4 is 20.3 Å². The van der Waals surface area contributed by atoms with Crippen molar-refractivity contribution in [3.8, 4) is 0 Å². The van der Waals surface area contributed by atoms with Gasteiger partial charge in [-0.25, -0.2) is 23.5 Å². The van der Waals surface area contributed by atoms with Crippen LogP contribution in [0.5, 0.6) is 0 Å². The molecule has 0 unspecified atom stereocenters. The lowest BCUT2D eigenvalue weighted by Gasteiger charge is -2.37. The number of hydrogen-bond acceptors (Lipinski definition) is 8. The first-order valence-corrected chi connectivity index (χ1v) is 15.7. The molecule has 1 aromatic carbocycles. The minimum atomic E-state index is -3.96. The first-order chi connectivity index (χ1) is 19.5. The molecule has 41 heavy (non-hydrogen) atoms. The van der Waals surface area contributed by atoms with Gasteiger partial charge in [-0.05, 0) is 74.6 Å². The molecule has 0 aliphatic carbocycles. The van der Waals surface area contributed by atoms with Crippen molar-refractivity contribution in [1.29, 1.82) is 0 Å². The number of benzene rings is 1. The zero-order valence-electron chi connectivity index (χ0n) is 23.6. The number of halogens is 1. The van der Waals surface area contributed by atoms with Crippen molar-refractivity contribution in [3.05, 3.63) is 70.0 Å². The Morgan fingerprint density at radius 2 is 1.61 bits per heavy atom. The lowest BCUT2D eigenvalue weighted by molar-refractivity contribution is 0.0745. The highest BCUT2D eigenvalue weighted by Gasteiger charge is 2.29. The Kier molecular flexibility index (Phi) is 8.40. The van der Waals surface area contributed by atoms with E-state index in [1.807, 2.05) is 35.8 Å². The minimum absolute atomic E-state index is 0.0137. The molecule has 0 bridgehead atoms. The van der Waals surface area contributed by atoms with Crippen LogP contribution in [0.3, 0.4) is 0 Å². The number of piperazine rings is 1. The maximum absolute atomic E-state index is 13.8. The quantitative estimate of drug-likeness (QED) is 0.440. The lowest BCUT2D eigenvalue weighted by Crippen LogP contribution is -2.49. The molecule has 3 N–H and O–H groups in total. The zero-order chi connectivity index (χ0) is 29.3. The van der Waals surface area contributed by atoms with Gasteiger partial charge in [0.05, 0.1) is 10.7 Å². The van der Waals surface area contributed by atoms with Crippen molar-refractivity contribution in [1.82, 2.24) is 14.9 Å². The van der Waals surface area contributed by atoms with E-state index in [-0.39, 0.29) is 17.0 Å². The van der Waals surface area contributed by atoms with Gasteiger partial charge in [-0.1, -0.05) is 17.7 Å². The summed E-state index contributed by atoms with van der Waals surface area (Å²) in [6, 6.07) is 9.45. The number of amides is 1. The zero-order valence-corrected chi connectivity index (χ0v) is 25.2. The van der Waals surface area contributed by atoms with Gasteiger partial charge in [-0.3, -0.25) is 4.79 Å². The largest absolute Gasteiger partial charge is 0.382 e. The fourth-order valence-electron chi connectivity index (χ4n) is 5.94. The predicted octanol–water partition coefficient (Wildman–Crippen LogP) is 3.75. The third kappa shape index (κ3) is 6.12. The first kappa shape index (κ1) is 29.1. The number of nitrogens with two attached hydrogens (primary N) is 1. The second-order valence-corrected chi connectivity index (χ2v) is 12.6. The molecule has 0 saturated carbocycles. The Labute approximate surface area is 246 Å². The summed E-state index contributed by atoms with van der Waals surface area (Å²) in [7, 11) is -3.96. The summed E-state index contributed by atoms with van der Waals surface area (Å²) in [6.45, 7) is 9.65. The standard InChI is InChI=1S/C29H36ClN7O3S/c1-19-18-20(2)26(34-22-8-12-36(13-9-22)27-23(30)6-4-10-32-27)21(3)25(19)29(38)37-16-14-35(15-17-37)24-7-5-11-33-28(24)41(31,39)40/h4-7,10-11,18,22,34H,8-9,12-17H2,1-3H3,(H2,31,39,40). The van der Waals surface area contributed by atoms with Gasteiger partial charge in [0.15, 0.2) is 5.03 Å². The van der Waals surface area contributed by atoms with E-state index in [9.17, 15) is 13.2 Å². The van der Waals surface area contributed by atoms with E-state index in [2.05, 4.69) is 33.2 Å². The molecule has 3 aromatic rings. The van der Waals surface area contributed by atoms with Gasteiger partial charge >= 0.3 is 0 Å². The molecule has 2 aliphatic rings. The van der Waals surface area contributed by atoms with E-state index < -0.39 is 10.0 Å². The fourth-order valence-corrected chi connectivity index (χ4v) is 6.87. The number of hydrogen-bond donors (Lipinski definition) is 2. The molecular formula is C29H36ClN7O3S. The van der Waals surface area contributed by atoms with Crippen molar-refractivity contribution in [2.45, 2.75) is 44.7 Å². The summed E-state index contributed by atoms with van der Waals surface area (Å²) in [6.07, 6.45) is 5.04. The molecule has 2 fully saturated rings. The van der Waals surface area contributed by atoms with Gasteiger partial charge in [-0.15, -0.1) is 0 Å². The van der Waals surface area contributed by atoms with Crippen LogP contribution in [0.25, 0.3) is 0 Å². The van der Waals surface area contributed by atoms with E-state index in [1.54, 1.807) is 18.3 Å². The molecule has 12 heteroatoms. The number of sulfonamides is 1. The number of carbonyl (C=O) groups excluding carboxylic acids is 1. The molecule has 10 nitrogen and oxygen atoms in total. The van der Waals surface area contributed by atoms with Crippen LogP contribution in [-0.4, -0.2) is 74.5 Å². The Bertz CT molecular complexity index is 1550. The highest BCUT2D eigenvalue weighted by molar-refractivity contribution is 7.89. The molecule has 2 saturated heterocycles. The molecule has 4 heterocycles. The molecule has 5 rings (SSSR count). The predicted molar refractivity (Wildman–Crippen MR) is 162 cm³/mol. The summed E-state index contributed by atoms with van der Waals surface area (Å²) in [5, 5.41) is 9.65. The Morgan fingerprint density at radius 1 is 0.951 bits per heavy atom. The molecule has 2 aliphatic heterocycles. The smallest absolute Gasteiger partial charge is 0.257 e. The summed E-state index contributed by atoms with van der Waals surface area (Å²) < 4.78 is 24.1. The van der Waals surface area contributed by atoms with Crippen LogP contribution in [0.4, 0.5) is 17.2 Å². The number of carbonyl (C=O) groups is 1. The maximum Gasteiger partial charge on any atom is 0.257 e. The van der Waals surface area contributed by atoms with E-state index in [4.69, 9.17) is 16.7 Å². The molecule has 218 valence electrons. The number of aryl methyl sites for hydroxylation is 2. The van der Waals surface area contributed by atoms with E-state index in [0.717, 1.165) is 59.7 Å². The van der Waals surface area contributed by atoms with Crippen molar-refractivity contribution in [2.75, 3.05) is 54.4 Å². The van der Waals surface area contributed by atoms with E-state index in [1.165, 1.54) is 6.20 Å². The van der Waals surface area contributed by atoms with Crippen LogP contribution in [0.15, 0.2) is 47.8 Å². The van der Waals surface area contributed by atoms with Crippen LogP contribution in [-0.2, 0) is 10.0 Å². The minimum Gasteiger partial charge on any atom is -0.382 e. The molecular weight excluding hydrogens is 562 g/mol. The summed E-state index contributed by atoms with van der Waals surface area (Å²) >= 11 is 6.36. The van der Waals surface area contributed by atoms with Gasteiger partial charge in [0.1, 0.15) is 5.82 Å². The topological polar surface area (TPSA) is 125 Å². The van der Waals surface area contributed by atoms with Gasteiger partial charge < -0.3 is 20.0 Å². The third-order valence-electron chi connectivity index (χ3n) is 8.00. The van der Waals surface area contributed by atoms with Gasteiger partial charge in [0, 0.05) is 69.0 Å². The maximum atomic E-state index is 13.8. The number of primary sulfonamides is 1. The first-order valence-electron chi connectivity index (χ1n) is 13.8. The van der Waals surface area contributed by atoms with Crippen LogP contribution >= 0.6 is 11.6 Å². The Balaban J connectivity index is 1.27. The second-order valence-electron chi connectivity index (χ2n) is 10.8. The summed E-state index contributed by atoms with van der Waals surface area (Å²) in [5.41, 5.74) is 5.21. The fraction of sp³-hybridized carbons (Fsp3) is 0.414. The summed E-state index contributed by atoms with van der Waals surface area (Å²) in [4.78, 5) is 28.2. The SMILES string of the molecule is Cc1cc(C)c(C(=O)N2CCN(c3cccnc3S(N)(=O)=O)CC2)c(C)c1NC1CCN(c2ncccc2Cl)CC1. The second kappa shape index (κ2) is 11.8. The van der Waals surface area contributed by atoms with Crippen LogP contribution in [0.2, 0.25) is 5.02 Å². The number of rotatable bonds is 6. The number of piperidine rings is 1. The van der Waals surface area contributed by atoms with Gasteiger partial charge in [0.2, 0.25) is 0 Å². The number of aromatic nitrogens is 2. The lowest BCUT2D eigenvalue weighted by atomic mass is 9.94. The van der Waals surface area contributed by atoms with Crippen LogP contribution in [0, 0.1) is 20.8 Å². The van der Waals surface area contributed by atoms with Gasteiger partial charge in [-0.2, -0.15) is 0 Å².